The summed E-state index contributed by atoms with van der Waals surface area (Å²) in [6, 6.07) is 10.7. The smallest absolute Gasteiger partial charge is 0.241 e. The first-order valence-corrected chi connectivity index (χ1v) is 9.87. The zero-order valence-electron chi connectivity index (χ0n) is 14.6. The quantitative estimate of drug-likeness (QED) is 0.503. The molecule has 0 aliphatic heterocycles. The molecule has 0 aromatic heterocycles. The highest BCUT2D eigenvalue weighted by molar-refractivity contribution is 7.89. The van der Waals surface area contributed by atoms with Crippen molar-refractivity contribution in [2.45, 2.75) is 30.7 Å². The molecule has 0 radical (unpaired) electrons. The highest BCUT2D eigenvalue weighted by atomic mass is 32.2. The molecule has 25 heavy (non-hydrogen) atoms. The molecule has 2 rings (SSSR count). The van der Waals surface area contributed by atoms with E-state index in [4.69, 9.17) is 10.5 Å². The molecule has 0 aliphatic carbocycles. The highest BCUT2D eigenvalue weighted by Crippen LogP contribution is 2.26. The number of benzene rings is 2. The first-order chi connectivity index (χ1) is 12.0. The van der Waals surface area contributed by atoms with Gasteiger partial charge in [-0.1, -0.05) is 36.4 Å². The van der Waals surface area contributed by atoms with Gasteiger partial charge in [-0.05, 0) is 43.3 Å². The summed E-state index contributed by atoms with van der Waals surface area (Å²) in [5, 5.41) is 1.66. The van der Waals surface area contributed by atoms with Crippen molar-refractivity contribution in [2.75, 3.05) is 19.8 Å². The van der Waals surface area contributed by atoms with Crippen LogP contribution in [0.25, 0.3) is 10.8 Å². The van der Waals surface area contributed by atoms with Gasteiger partial charge in [0.15, 0.2) is 0 Å². The van der Waals surface area contributed by atoms with Gasteiger partial charge in [0.1, 0.15) is 0 Å². The number of nitrogens with two attached hydrogens (primary N) is 1. The van der Waals surface area contributed by atoms with Gasteiger partial charge in [-0.3, -0.25) is 0 Å². The average molecular weight is 362 g/mol. The number of fused-ring (bicyclic) bond motifs is 1. The van der Waals surface area contributed by atoms with Crippen LogP contribution in [-0.2, 0) is 14.8 Å². The Labute approximate surface area is 149 Å². The molecule has 136 valence electrons. The maximum Gasteiger partial charge on any atom is 0.241 e. The Morgan fingerprint density at radius 2 is 1.96 bits per heavy atom. The second-order valence-corrected chi connectivity index (χ2v) is 7.68. The van der Waals surface area contributed by atoms with Crippen molar-refractivity contribution in [1.29, 1.82) is 0 Å². The molecular formula is C19H26N2O3S. The van der Waals surface area contributed by atoms with E-state index in [1.54, 1.807) is 12.1 Å². The molecule has 0 aliphatic rings. The van der Waals surface area contributed by atoms with Crippen LogP contribution < -0.4 is 10.5 Å². The SMILES string of the molecule is C=CCOC[C@H](CCCN)NS(=O)(=O)c1ccc(C)c2ccccc12. The summed E-state index contributed by atoms with van der Waals surface area (Å²) in [4.78, 5) is 0.287. The molecule has 0 saturated carbocycles. The number of nitrogens with one attached hydrogen (secondary N) is 1. The minimum Gasteiger partial charge on any atom is -0.376 e. The van der Waals surface area contributed by atoms with Crippen molar-refractivity contribution in [3.05, 3.63) is 54.6 Å². The predicted octanol–water partition coefficient (Wildman–Crippen LogP) is 2.74. The van der Waals surface area contributed by atoms with E-state index in [1.807, 2.05) is 37.3 Å². The lowest BCUT2D eigenvalue weighted by atomic mass is 10.1. The third-order valence-electron chi connectivity index (χ3n) is 4.02. The fourth-order valence-corrected chi connectivity index (χ4v) is 4.24. The second-order valence-electron chi connectivity index (χ2n) is 6.00. The molecule has 0 unspecified atom stereocenters. The topological polar surface area (TPSA) is 81.4 Å². The van der Waals surface area contributed by atoms with Gasteiger partial charge < -0.3 is 10.5 Å². The number of aryl methyl sites for hydroxylation is 1. The van der Waals surface area contributed by atoms with Gasteiger partial charge in [-0.2, -0.15) is 0 Å². The van der Waals surface area contributed by atoms with Crippen LogP contribution >= 0.6 is 0 Å². The van der Waals surface area contributed by atoms with Crippen molar-refractivity contribution in [3.63, 3.8) is 0 Å². The first kappa shape index (κ1) is 19.6. The Kier molecular flexibility index (Phi) is 7.13. The van der Waals surface area contributed by atoms with E-state index in [2.05, 4.69) is 11.3 Å². The van der Waals surface area contributed by atoms with E-state index in [1.165, 1.54) is 0 Å². The first-order valence-electron chi connectivity index (χ1n) is 8.39. The van der Waals surface area contributed by atoms with Crippen molar-refractivity contribution in [3.8, 4) is 0 Å². The Morgan fingerprint density at radius 1 is 1.24 bits per heavy atom. The Morgan fingerprint density at radius 3 is 2.64 bits per heavy atom. The predicted molar refractivity (Wildman–Crippen MR) is 102 cm³/mol. The van der Waals surface area contributed by atoms with Gasteiger partial charge in [0, 0.05) is 11.4 Å². The zero-order chi connectivity index (χ0) is 18.3. The van der Waals surface area contributed by atoms with E-state index < -0.39 is 10.0 Å². The third-order valence-corrected chi connectivity index (χ3v) is 5.60. The van der Waals surface area contributed by atoms with Crippen LogP contribution in [-0.4, -0.2) is 34.2 Å². The zero-order valence-corrected chi connectivity index (χ0v) is 15.4. The summed E-state index contributed by atoms with van der Waals surface area (Å²) in [6.07, 6.45) is 2.98. The van der Waals surface area contributed by atoms with Gasteiger partial charge in [-0.15, -0.1) is 6.58 Å². The fraction of sp³-hybridized carbons (Fsp3) is 0.368. The van der Waals surface area contributed by atoms with Crippen LogP contribution in [0.2, 0.25) is 0 Å². The van der Waals surface area contributed by atoms with Gasteiger partial charge >= 0.3 is 0 Å². The molecule has 1 atom stereocenters. The van der Waals surface area contributed by atoms with Crippen molar-refractivity contribution < 1.29 is 13.2 Å². The van der Waals surface area contributed by atoms with Gasteiger partial charge in [-0.25, -0.2) is 13.1 Å². The number of hydrogen-bond donors (Lipinski definition) is 2. The van der Waals surface area contributed by atoms with Crippen molar-refractivity contribution >= 4 is 20.8 Å². The molecule has 0 saturated heterocycles. The Hall–Kier alpha value is -1.73. The van der Waals surface area contributed by atoms with Gasteiger partial charge in [0.2, 0.25) is 10.0 Å². The van der Waals surface area contributed by atoms with E-state index in [0.29, 0.717) is 19.6 Å². The summed E-state index contributed by atoms with van der Waals surface area (Å²) < 4.78 is 34.1. The molecule has 0 amide bonds. The molecule has 0 spiro atoms. The van der Waals surface area contributed by atoms with Crippen LogP contribution in [0.3, 0.4) is 0 Å². The molecule has 0 bridgehead atoms. The third kappa shape index (κ3) is 5.12. The molecule has 3 N–H and O–H groups in total. The molecule has 2 aromatic rings. The largest absolute Gasteiger partial charge is 0.376 e. The standard InChI is InChI=1S/C19H26N2O3S/c1-3-13-24-14-16(7-6-12-20)21-25(22,23)19-11-10-15(2)17-8-4-5-9-18(17)19/h3-5,8-11,16,21H,1,6-7,12-14,20H2,2H3/t16-/m0/s1. The van der Waals surface area contributed by atoms with E-state index in [0.717, 1.165) is 22.8 Å². The van der Waals surface area contributed by atoms with Crippen molar-refractivity contribution in [2.24, 2.45) is 5.73 Å². The Balaban J connectivity index is 2.30. The minimum atomic E-state index is -3.67. The van der Waals surface area contributed by atoms with E-state index in [-0.39, 0.29) is 17.5 Å². The molecular weight excluding hydrogens is 336 g/mol. The van der Waals surface area contributed by atoms with Gasteiger partial charge in [0.25, 0.3) is 0 Å². The van der Waals surface area contributed by atoms with Gasteiger partial charge in [0.05, 0.1) is 18.1 Å². The fourth-order valence-electron chi connectivity index (χ4n) is 2.77. The van der Waals surface area contributed by atoms with Crippen LogP contribution in [0, 0.1) is 6.92 Å². The maximum atomic E-state index is 12.9. The lowest BCUT2D eigenvalue weighted by Crippen LogP contribution is -2.38. The Bertz CT molecular complexity index is 819. The number of sulfonamides is 1. The lowest BCUT2D eigenvalue weighted by molar-refractivity contribution is 0.139. The summed E-state index contributed by atoms with van der Waals surface area (Å²) in [5.74, 6) is 0. The summed E-state index contributed by atoms with van der Waals surface area (Å²) in [6.45, 7) is 6.75. The maximum absolute atomic E-state index is 12.9. The molecule has 5 nitrogen and oxygen atoms in total. The number of hydrogen-bond acceptors (Lipinski definition) is 4. The van der Waals surface area contributed by atoms with Crippen molar-refractivity contribution in [1.82, 2.24) is 4.72 Å². The number of ether oxygens (including phenoxy) is 1. The summed E-state index contributed by atoms with van der Waals surface area (Å²) >= 11 is 0. The minimum absolute atomic E-state index is 0.287. The normalized spacial score (nSPS) is 13.0. The second kappa shape index (κ2) is 9.10. The average Bonchev–Trinajstić information content (AvgIpc) is 2.60. The monoisotopic (exact) mass is 362 g/mol. The molecule has 2 aromatic carbocycles. The lowest BCUT2D eigenvalue weighted by Gasteiger charge is -2.19. The molecule has 0 heterocycles. The van der Waals surface area contributed by atoms with Crippen LogP contribution in [0.15, 0.2) is 53.9 Å². The highest BCUT2D eigenvalue weighted by Gasteiger charge is 2.22. The molecule has 0 fully saturated rings. The number of rotatable bonds is 10. The van der Waals surface area contributed by atoms with Crippen LogP contribution in [0.4, 0.5) is 0 Å². The van der Waals surface area contributed by atoms with Crippen LogP contribution in [0.5, 0.6) is 0 Å². The van der Waals surface area contributed by atoms with E-state index in [9.17, 15) is 8.42 Å². The molecule has 6 heteroatoms. The van der Waals surface area contributed by atoms with Crippen LogP contribution in [0.1, 0.15) is 18.4 Å². The summed E-state index contributed by atoms with van der Waals surface area (Å²) in [7, 11) is -3.67. The summed E-state index contributed by atoms with van der Waals surface area (Å²) in [5.41, 5.74) is 6.61. The van der Waals surface area contributed by atoms with E-state index >= 15 is 0 Å².